The second kappa shape index (κ2) is 13.4. The Morgan fingerprint density at radius 3 is 1.86 bits per heavy atom. The maximum absolute atomic E-state index is 10.4. The third-order valence-electron chi connectivity index (χ3n) is 12.8. The molecule has 63 heavy (non-hydrogen) atoms. The Kier molecular flexibility index (Phi) is 7.45. The zero-order chi connectivity index (χ0) is 41.6. The summed E-state index contributed by atoms with van der Waals surface area (Å²) < 4.78 is 8.70. The average Bonchev–Trinajstić information content (AvgIpc) is 4.11. The molecule has 292 valence electrons. The van der Waals surface area contributed by atoms with Crippen molar-refractivity contribution >= 4 is 22.0 Å². The molecule has 1 unspecified atom stereocenters. The van der Waals surface area contributed by atoms with E-state index in [1.807, 2.05) is 84.9 Å². The normalized spacial score (nSPS) is 14.4. The van der Waals surface area contributed by atoms with Gasteiger partial charge in [-0.2, -0.15) is 5.26 Å². The Bertz CT molecular complexity index is 3640. The highest BCUT2D eigenvalue weighted by molar-refractivity contribution is 6.10. The van der Waals surface area contributed by atoms with Crippen LogP contribution < -0.4 is 0 Å². The van der Waals surface area contributed by atoms with Crippen LogP contribution >= 0.6 is 0 Å². The molecule has 0 saturated heterocycles. The number of nitrogens with zero attached hydrogens (tertiary/aromatic N) is 6. The Morgan fingerprint density at radius 2 is 1.10 bits per heavy atom. The molecule has 1 spiro atoms. The fourth-order valence-electron chi connectivity index (χ4n) is 10.2. The SMILES string of the molecule is N#Cc1ccc2c(c1)-c1c(ccc3occ(-c4nc(-c5ccccc5)nc(-c5ccccc5)n4)c13)C21c2ccccc2-c2cc(-c3nc4ccccc4n3-c3ccccc3)ccc21. The van der Waals surface area contributed by atoms with E-state index in [0.29, 0.717) is 28.6 Å². The highest BCUT2D eigenvalue weighted by Gasteiger charge is 2.52. The summed E-state index contributed by atoms with van der Waals surface area (Å²) in [5.74, 6) is 2.52. The van der Waals surface area contributed by atoms with Crippen molar-refractivity contribution in [1.82, 2.24) is 24.5 Å². The van der Waals surface area contributed by atoms with Crippen molar-refractivity contribution in [3.63, 3.8) is 0 Å². The van der Waals surface area contributed by atoms with Crippen LogP contribution in [0.1, 0.15) is 27.8 Å². The molecule has 2 aliphatic rings. The van der Waals surface area contributed by atoms with Crippen LogP contribution in [0, 0.1) is 11.3 Å². The van der Waals surface area contributed by atoms with Gasteiger partial charge in [0.05, 0.1) is 33.6 Å². The van der Waals surface area contributed by atoms with Crippen molar-refractivity contribution < 1.29 is 4.42 Å². The van der Waals surface area contributed by atoms with Crippen LogP contribution in [0.25, 0.3) is 95.5 Å². The number of nitriles is 1. The van der Waals surface area contributed by atoms with Crippen molar-refractivity contribution in [3.8, 4) is 79.6 Å². The minimum absolute atomic E-state index is 0.506. The summed E-state index contributed by atoms with van der Waals surface area (Å²) in [4.78, 5) is 20.5. The van der Waals surface area contributed by atoms with Crippen LogP contribution in [0.2, 0.25) is 0 Å². The number of hydrogen-bond donors (Lipinski definition) is 0. The molecule has 0 saturated carbocycles. The smallest absolute Gasteiger partial charge is 0.167 e. The van der Waals surface area contributed by atoms with Crippen molar-refractivity contribution in [1.29, 1.82) is 5.26 Å². The van der Waals surface area contributed by atoms with Crippen LogP contribution in [0.3, 0.4) is 0 Å². The predicted octanol–water partition coefficient (Wildman–Crippen LogP) is 12.8. The zero-order valence-electron chi connectivity index (χ0n) is 33.6. The van der Waals surface area contributed by atoms with Crippen molar-refractivity contribution in [3.05, 3.63) is 222 Å². The largest absolute Gasteiger partial charge is 0.464 e. The minimum Gasteiger partial charge on any atom is -0.464 e. The van der Waals surface area contributed by atoms with Crippen molar-refractivity contribution in [2.75, 3.05) is 0 Å². The maximum Gasteiger partial charge on any atom is 0.167 e. The molecular formula is C56H32N6O. The molecule has 2 aliphatic carbocycles. The molecule has 8 aromatic carbocycles. The van der Waals surface area contributed by atoms with Crippen LogP contribution in [0.5, 0.6) is 0 Å². The fourth-order valence-corrected chi connectivity index (χ4v) is 10.2. The number of aromatic nitrogens is 5. The molecule has 0 amide bonds. The highest BCUT2D eigenvalue weighted by Crippen LogP contribution is 2.64. The third kappa shape index (κ3) is 5.00. The quantitative estimate of drug-likeness (QED) is 0.172. The number of para-hydroxylation sites is 3. The first-order chi connectivity index (χ1) is 31.2. The van der Waals surface area contributed by atoms with E-state index in [9.17, 15) is 5.26 Å². The van der Waals surface area contributed by atoms with E-state index in [1.165, 1.54) is 11.1 Å². The number of imidazole rings is 1. The van der Waals surface area contributed by atoms with E-state index in [2.05, 4.69) is 114 Å². The molecule has 1 atom stereocenters. The first-order valence-electron chi connectivity index (χ1n) is 20.9. The number of furan rings is 1. The zero-order valence-corrected chi connectivity index (χ0v) is 33.6. The first kappa shape index (κ1) is 35.1. The third-order valence-corrected chi connectivity index (χ3v) is 12.8. The number of benzene rings is 8. The lowest BCUT2D eigenvalue weighted by molar-refractivity contribution is 0.616. The molecule has 0 bridgehead atoms. The van der Waals surface area contributed by atoms with E-state index in [-0.39, 0.29) is 0 Å². The van der Waals surface area contributed by atoms with E-state index < -0.39 is 5.41 Å². The summed E-state index contributed by atoms with van der Waals surface area (Å²) in [5.41, 5.74) is 16.0. The molecule has 13 rings (SSSR count). The van der Waals surface area contributed by atoms with Crippen molar-refractivity contribution in [2.45, 2.75) is 5.41 Å². The molecule has 0 aliphatic heterocycles. The van der Waals surface area contributed by atoms with E-state index in [0.717, 1.165) is 83.6 Å². The second-order valence-corrected chi connectivity index (χ2v) is 16.1. The molecular weight excluding hydrogens is 773 g/mol. The van der Waals surface area contributed by atoms with Gasteiger partial charge < -0.3 is 4.42 Å². The number of hydrogen-bond acceptors (Lipinski definition) is 6. The lowest BCUT2D eigenvalue weighted by Crippen LogP contribution is -2.25. The molecule has 3 heterocycles. The van der Waals surface area contributed by atoms with Gasteiger partial charge in [0, 0.05) is 27.8 Å². The molecule has 7 nitrogen and oxygen atoms in total. The van der Waals surface area contributed by atoms with E-state index >= 15 is 0 Å². The number of rotatable bonds is 5. The Labute approximate surface area is 361 Å². The van der Waals surface area contributed by atoms with Gasteiger partial charge in [0.2, 0.25) is 0 Å². The molecule has 11 aromatic rings. The van der Waals surface area contributed by atoms with E-state index in [1.54, 1.807) is 6.26 Å². The maximum atomic E-state index is 10.4. The Balaban J connectivity index is 1.08. The first-order valence-corrected chi connectivity index (χ1v) is 20.9. The van der Waals surface area contributed by atoms with Crippen molar-refractivity contribution in [2.24, 2.45) is 0 Å². The van der Waals surface area contributed by atoms with E-state index in [4.69, 9.17) is 24.4 Å². The van der Waals surface area contributed by atoms with Gasteiger partial charge in [-0.3, -0.25) is 4.57 Å². The summed E-state index contributed by atoms with van der Waals surface area (Å²) in [5, 5.41) is 11.3. The molecule has 0 N–H and O–H groups in total. The molecule has 0 fully saturated rings. The van der Waals surface area contributed by atoms with Gasteiger partial charge >= 0.3 is 0 Å². The summed E-state index contributed by atoms with van der Waals surface area (Å²) in [6.07, 6.45) is 1.77. The molecule has 7 heteroatoms. The van der Waals surface area contributed by atoms with Gasteiger partial charge in [-0.15, -0.1) is 0 Å². The molecule has 0 radical (unpaired) electrons. The second-order valence-electron chi connectivity index (χ2n) is 16.1. The van der Waals surface area contributed by atoms with Gasteiger partial charge in [0.25, 0.3) is 0 Å². The topological polar surface area (TPSA) is 93.4 Å². The van der Waals surface area contributed by atoms with Gasteiger partial charge in [0.1, 0.15) is 17.7 Å². The summed E-state index contributed by atoms with van der Waals surface area (Å²) >= 11 is 0. The monoisotopic (exact) mass is 804 g/mol. The highest BCUT2D eigenvalue weighted by atomic mass is 16.3. The summed E-state index contributed by atoms with van der Waals surface area (Å²) in [7, 11) is 0. The average molecular weight is 805 g/mol. The number of fused-ring (bicyclic) bond motifs is 13. The van der Waals surface area contributed by atoms with Gasteiger partial charge in [-0.25, -0.2) is 19.9 Å². The van der Waals surface area contributed by atoms with Crippen LogP contribution in [-0.4, -0.2) is 24.5 Å². The predicted molar refractivity (Wildman–Crippen MR) is 247 cm³/mol. The lowest BCUT2D eigenvalue weighted by atomic mass is 9.70. The summed E-state index contributed by atoms with van der Waals surface area (Å²) in [6, 6.07) is 67.2. The van der Waals surface area contributed by atoms with Gasteiger partial charge in [-0.1, -0.05) is 140 Å². The van der Waals surface area contributed by atoms with Crippen LogP contribution in [-0.2, 0) is 5.41 Å². The minimum atomic E-state index is -0.700. The Hall–Kier alpha value is -8.73. The van der Waals surface area contributed by atoms with Crippen LogP contribution in [0.4, 0.5) is 0 Å². The van der Waals surface area contributed by atoms with Gasteiger partial charge in [-0.05, 0) is 93.0 Å². The summed E-state index contributed by atoms with van der Waals surface area (Å²) in [6.45, 7) is 0. The van der Waals surface area contributed by atoms with Crippen LogP contribution in [0.15, 0.2) is 199 Å². The fraction of sp³-hybridized carbons (Fsp3) is 0.0179. The van der Waals surface area contributed by atoms with Gasteiger partial charge in [0.15, 0.2) is 17.5 Å². The standard InChI is InChI=1S/C56H32N6O/c57-32-34-24-26-45-41(30-34)50-46(28-29-49-51(50)42(33-63-49)54-60-52(35-14-4-1-5-15-35)59-53(61-54)36-16-6-2-7-17-36)56(45)43-21-11-10-20-39(43)40-31-37(25-27-44(40)56)55-58-47-22-12-13-23-48(47)62(55)38-18-8-3-9-19-38/h1-31,33H. The lowest BCUT2D eigenvalue weighted by Gasteiger charge is -2.30. The molecule has 3 aromatic heterocycles. The Morgan fingerprint density at radius 1 is 0.476 bits per heavy atom.